The van der Waals surface area contributed by atoms with E-state index in [1.54, 1.807) is 0 Å². The van der Waals surface area contributed by atoms with E-state index in [-0.39, 0.29) is 0 Å². The molecule has 0 bridgehead atoms. The number of imidazole rings is 1. The summed E-state index contributed by atoms with van der Waals surface area (Å²) in [5, 5.41) is 4.04. The highest BCUT2D eigenvalue weighted by atomic mass is 16.5. The Morgan fingerprint density at radius 2 is 2.24 bits per heavy atom. The first kappa shape index (κ1) is 16.0. The predicted octanol–water partition coefficient (Wildman–Crippen LogP) is 3.14. The van der Waals surface area contributed by atoms with Crippen molar-refractivity contribution in [1.29, 1.82) is 0 Å². The maximum atomic E-state index is 5.28. The molecule has 1 unspecified atom stereocenters. The molecule has 0 aliphatic carbocycles. The van der Waals surface area contributed by atoms with Gasteiger partial charge in [-0.1, -0.05) is 11.2 Å². The number of pyridine rings is 1. The van der Waals surface area contributed by atoms with E-state index < -0.39 is 0 Å². The van der Waals surface area contributed by atoms with E-state index in [1.165, 1.54) is 6.42 Å². The fourth-order valence-corrected chi connectivity index (χ4v) is 3.70. The molecule has 3 aromatic rings. The SMILES string of the molecule is Cc1noc(C)c1-c1cccc(CC2CCN(Cc3ncc[nH]3)C2)n1. The highest BCUT2D eigenvalue weighted by Gasteiger charge is 2.24. The summed E-state index contributed by atoms with van der Waals surface area (Å²) >= 11 is 0. The number of hydrogen-bond acceptors (Lipinski definition) is 5. The molecule has 130 valence electrons. The number of nitrogens with one attached hydrogen (secondary N) is 1. The first-order valence-electron chi connectivity index (χ1n) is 8.79. The lowest BCUT2D eigenvalue weighted by Crippen LogP contribution is -2.21. The lowest BCUT2D eigenvalue weighted by Gasteiger charge is -2.14. The van der Waals surface area contributed by atoms with Crippen molar-refractivity contribution in [2.24, 2.45) is 5.92 Å². The highest BCUT2D eigenvalue weighted by Crippen LogP contribution is 2.26. The minimum Gasteiger partial charge on any atom is -0.361 e. The fourth-order valence-electron chi connectivity index (χ4n) is 3.70. The van der Waals surface area contributed by atoms with Crippen LogP contribution < -0.4 is 0 Å². The molecule has 0 amide bonds. The van der Waals surface area contributed by atoms with E-state index in [4.69, 9.17) is 9.51 Å². The zero-order valence-corrected chi connectivity index (χ0v) is 14.7. The van der Waals surface area contributed by atoms with Gasteiger partial charge in [-0.2, -0.15) is 0 Å². The summed E-state index contributed by atoms with van der Waals surface area (Å²) in [5.74, 6) is 2.51. The Balaban J connectivity index is 1.43. The predicted molar refractivity (Wildman–Crippen MR) is 94.9 cm³/mol. The number of aryl methyl sites for hydroxylation is 2. The van der Waals surface area contributed by atoms with Crippen LogP contribution in [0.15, 0.2) is 35.1 Å². The van der Waals surface area contributed by atoms with Crippen LogP contribution in [0.3, 0.4) is 0 Å². The van der Waals surface area contributed by atoms with Crippen molar-refractivity contribution in [2.75, 3.05) is 13.1 Å². The molecule has 4 rings (SSSR count). The van der Waals surface area contributed by atoms with Gasteiger partial charge in [0.15, 0.2) is 0 Å². The summed E-state index contributed by atoms with van der Waals surface area (Å²) in [6.45, 7) is 7.01. The molecule has 3 aromatic heterocycles. The van der Waals surface area contributed by atoms with Crippen LogP contribution in [-0.2, 0) is 13.0 Å². The highest BCUT2D eigenvalue weighted by molar-refractivity contribution is 5.63. The fraction of sp³-hybridized carbons (Fsp3) is 0.421. The molecule has 0 radical (unpaired) electrons. The third kappa shape index (κ3) is 3.49. The van der Waals surface area contributed by atoms with Crippen molar-refractivity contribution in [3.8, 4) is 11.3 Å². The topological polar surface area (TPSA) is 70.8 Å². The molecule has 6 nitrogen and oxygen atoms in total. The standard InChI is InChI=1S/C19H23N5O/c1-13-19(14(2)25-23-13)17-5-3-4-16(22-17)10-15-6-9-24(11-15)12-18-20-7-8-21-18/h3-5,7-8,15H,6,9-12H2,1-2H3,(H,20,21). The molecule has 6 heteroatoms. The molecule has 25 heavy (non-hydrogen) atoms. The van der Waals surface area contributed by atoms with Gasteiger partial charge in [0.05, 0.1) is 23.5 Å². The van der Waals surface area contributed by atoms with Crippen LogP contribution in [0.2, 0.25) is 0 Å². The van der Waals surface area contributed by atoms with Crippen molar-refractivity contribution in [2.45, 2.75) is 33.2 Å². The monoisotopic (exact) mass is 337 g/mol. The van der Waals surface area contributed by atoms with Crippen LogP contribution >= 0.6 is 0 Å². The Kier molecular flexibility index (Phi) is 4.36. The van der Waals surface area contributed by atoms with E-state index in [9.17, 15) is 0 Å². The number of rotatable bonds is 5. The maximum absolute atomic E-state index is 5.28. The van der Waals surface area contributed by atoms with Crippen molar-refractivity contribution in [3.63, 3.8) is 0 Å². The van der Waals surface area contributed by atoms with Gasteiger partial charge in [-0.05, 0) is 51.3 Å². The summed E-state index contributed by atoms with van der Waals surface area (Å²) in [4.78, 5) is 14.8. The van der Waals surface area contributed by atoms with Crippen LogP contribution in [0.1, 0.15) is 29.4 Å². The molecule has 0 aromatic carbocycles. The number of likely N-dealkylation sites (tertiary alicyclic amines) is 1. The van der Waals surface area contributed by atoms with Crippen molar-refractivity contribution < 1.29 is 4.52 Å². The zero-order chi connectivity index (χ0) is 17.2. The molecule has 0 spiro atoms. The second-order valence-electron chi connectivity index (χ2n) is 6.84. The summed E-state index contributed by atoms with van der Waals surface area (Å²) in [5.41, 5.74) is 4.02. The molecule has 1 aliphatic rings. The molecule has 0 saturated carbocycles. The summed E-state index contributed by atoms with van der Waals surface area (Å²) in [6, 6.07) is 6.24. The molecule has 1 aliphatic heterocycles. The van der Waals surface area contributed by atoms with Gasteiger partial charge in [-0.15, -0.1) is 0 Å². The number of hydrogen-bond donors (Lipinski definition) is 1. The molecule has 1 saturated heterocycles. The third-order valence-corrected chi connectivity index (χ3v) is 4.89. The Bertz CT molecular complexity index is 820. The van der Waals surface area contributed by atoms with Crippen LogP contribution in [-0.4, -0.2) is 38.1 Å². The average molecular weight is 337 g/mol. The van der Waals surface area contributed by atoms with Gasteiger partial charge < -0.3 is 9.51 Å². The summed E-state index contributed by atoms with van der Waals surface area (Å²) in [7, 11) is 0. The molecule has 1 fully saturated rings. The van der Waals surface area contributed by atoms with Gasteiger partial charge in [-0.25, -0.2) is 4.98 Å². The average Bonchev–Trinajstić information content (AvgIpc) is 3.32. The number of H-pyrrole nitrogens is 1. The van der Waals surface area contributed by atoms with Gasteiger partial charge in [0.2, 0.25) is 0 Å². The zero-order valence-electron chi connectivity index (χ0n) is 14.7. The minimum atomic E-state index is 0.641. The lowest BCUT2D eigenvalue weighted by atomic mass is 10.0. The van der Waals surface area contributed by atoms with E-state index in [0.717, 1.165) is 60.3 Å². The Morgan fingerprint density at radius 1 is 1.32 bits per heavy atom. The van der Waals surface area contributed by atoms with E-state index in [0.29, 0.717) is 5.92 Å². The number of nitrogens with zero attached hydrogens (tertiary/aromatic N) is 4. The van der Waals surface area contributed by atoms with Crippen molar-refractivity contribution >= 4 is 0 Å². The molecular weight excluding hydrogens is 314 g/mol. The van der Waals surface area contributed by atoms with Crippen LogP contribution in [0.25, 0.3) is 11.3 Å². The van der Waals surface area contributed by atoms with E-state index in [2.05, 4.69) is 32.2 Å². The van der Waals surface area contributed by atoms with Crippen LogP contribution in [0.4, 0.5) is 0 Å². The first-order chi connectivity index (χ1) is 12.2. The Hall–Kier alpha value is -2.47. The second kappa shape index (κ2) is 6.80. The lowest BCUT2D eigenvalue weighted by molar-refractivity contribution is 0.309. The van der Waals surface area contributed by atoms with Crippen molar-refractivity contribution in [3.05, 3.63) is 53.6 Å². The van der Waals surface area contributed by atoms with E-state index >= 15 is 0 Å². The quantitative estimate of drug-likeness (QED) is 0.774. The third-order valence-electron chi connectivity index (χ3n) is 4.89. The molecular formula is C19H23N5O. The number of aromatic amines is 1. The van der Waals surface area contributed by atoms with Gasteiger partial charge >= 0.3 is 0 Å². The van der Waals surface area contributed by atoms with E-state index in [1.807, 2.05) is 32.3 Å². The second-order valence-corrected chi connectivity index (χ2v) is 6.84. The molecule has 1 atom stereocenters. The Morgan fingerprint density at radius 3 is 3.00 bits per heavy atom. The molecule has 1 N–H and O–H groups in total. The van der Waals surface area contributed by atoms with Crippen molar-refractivity contribution in [1.82, 2.24) is 25.0 Å². The maximum Gasteiger partial charge on any atom is 0.143 e. The first-order valence-corrected chi connectivity index (χ1v) is 8.79. The van der Waals surface area contributed by atoms with Gasteiger partial charge in [0, 0.05) is 24.6 Å². The smallest absolute Gasteiger partial charge is 0.143 e. The minimum absolute atomic E-state index is 0.641. The van der Waals surface area contributed by atoms with Gasteiger partial charge in [0.1, 0.15) is 11.6 Å². The van der Waals surface area contributed by atoms with Crippen LogP contribution in [0, 0.1) is 19.8 Å². The normalized spacial score (nSPS) is 18.1. The van der Waals surface area contributed by atoms with Gasteiger partial charge in [-0.3, -0.25) is 9.88 Å². The number of aromatic nitrogens is 4. The largest absolute Gasteiger partial charge is 0.361 e. The Labute approximate surface area is 147 Å². The summed E-state index contributed by atoms with van der Waals surface area (Å²) in [6.07, 6.45) is 5.91. The van der Waals surface area contributed by atoms with Crippen LogP contribution in [0.5, 0.6) is 0 Å². The molecule has 4 heterocycles. The van der Waals surface area contributed by atoms with Gasteiger partial charge in [0.25, 0.3) is 0 Å². The summed E-state index contributed by atoms with van der Waals surface area (Å²) < 4.78 is 5.28.